The van der Waals surface area contributed by atoms with Gasteiger partial charge in [0.25, 0.3) is 5.91 Å². The molecule has 1 saturated heterocycles. The highest BCUT2D eigenvalue weighted by Crippen LogP contribution is 2.27. The first kappa shape index (κ1) is 20.6. The molecule has 9 nitrogen and oxygen atoms in total. The molecule has 0 saturated carbocycles. The molecule has 1 aliphatic heterocycles. The van der Waals surface area contributed by atoms with Crippen LogP contribution in [0.15, 0.2) is 22.7 Å². The maximum absolute atomic E-state index is 14.3. The minimum absolute atomic E-state index is 0.0611. The van der Waals surface area contributed by atoms with Crippen LogP contribution in [0.25, 0.3) is 0 Å². The van der Waals surface area contributed by atoms with Gasteiger partial charge < -0.3 is 20.0 Å². The van der Waals surface area contributed by atoms with E-state index in [1.54, 1.807) is 12.3 Å². The van der Waals surface area contributed by atoms with Crippen molar-refractivity contribution >= 4 is 23.6 Å². The molecule has 0 aromatic carbocycles. The van der Waals surface area contributed by atoms with Gasteiger partial charge in [0.15, 0.2) is 0 Å². The van der Waals surface area contributed by atoms with Crippen LogP contribution >= 0.6 is 0 Å². The summed E-state index contributed by atoms with van der Waals surface area (Å²) in [6, 6.07) is 2.95. The van der Waals surface area contributed by atoms with Gasteiger partial charge in [-0.25, -0.2) is 14.8 Å². The predicted octanol–water partition coefficient (Wildman–Crippen LogP) is 2.17. The van der Waals surface area contributed by atoms with Gasteiger partial charge in [0, 0.05) is 33.1 Å². The van der Waals surface area contributed by atoms with Crippen LogP contribution in [0.1, 0.15) is 36.0 Å². The Labute approximate surface area is 168 Å². The number of carbonyl (C=O) groups excluding carboxylic acids is 2. The zero-order valence-corrected chi connectivity index (χ0v) is 16.5. The molecule has 0 radical (unpaired) electrons. The number of hydrogen-bond acceptors (Lipinski definition) is 6. The lowest BCUT2D eigenvalue weighted by Gasteiger charge is -2.33. The Bertz CT molecular complexity index is 863. The van der Waals surface area contributed by atoms with Gasteiger partial charge in [-0.1, -0.05) is 0 Å². The highest BCUT2D eigenvalue weighted by molar-refractivity contribution is 5.92. The molecule has 2 aromatic heterocycles. The Hall–Kier alpha value is -3.17. The summed E-state index contributed by atoms with van der Waals surface area (Å²) in [6.07, 6.45) is 4.04. The van der Waals surface area contributed by atoms with Crippen molar-refractivity contribution in [2.24, 2.45) is 5.92 Å². The van der Waals surface area contributed by atoms with Crippen molar-refractivity contribution < 1.29 is 18.4 Å². The summed E-state index contributed by atoms with van der Waals surface area (Å²) in [6.45, 7) is 3.70. The van der Waals surface area contributed by atoms with Crippen LogP contribution < -0.4 is 20.9 Å². The molecule has 3 N–H and O–H groups in total. The third-order valence-electron chi connectivity index (χ3n) is 4.85. The van der Waals surface area contributed by atoms with E-state index in [2.05, 4.69) is 25.9 Å². The number of urea groups is 1. The largest absolute Gasteiger partial charge is 0.428 e. The zero-order chi connectivity index (χ0) is 20.8. The molecule has 0 bridgehead atoms. The second-order valence-corrected chi connectivity index (χ2v) is 6.84. The number of aromatic nitrogens is 2. The Balaban J connectivity index is 1.53. The predicted molar refractivity (Wildman–Crippen MR) is 105 cm³/mol. The van der Waals surface area contributed by atoms with E-state index in [0.717, 1.165) is 12.8 Å². The Morgan fingerprint density at radius 3 is 2.72 bits per heavy atom. The smallest absolute Gasteiger partial charge is 0.322 e. The van der Waals surface area contributed by atoms with E-state index in [4.69, 9.17) is 4.42 Å². The number of nitrogens with zero attached hydrogens (tertiary/aromatic N) is 3. The van der Waals surface area contributed by atoms with Crippen molar-refractivity contribution in [3.05, 3.63) is 35.7 Å². The molecule has 0 aliphatic carbocycles. The second-order valence-electron chi connectivity index (χ2n) is 6.84. The number of anilines is 2. The topological polar surface area (TPSA) is 112 Å². The van der Waals surface area contributed by atoms with Crippen LogP contribution in [0.2, 0.25) is 0 Å². The van der Waals surface area contributed by atoms with Crippen LogP contribution in [0.4, 0.5) is 20.9 Å². The minimum atomic E-state index is -0.638. The number of hydrogen-bond donors (Lipinski definition) is 3. The average molecular weight is 404 g/mol. The summed E-state index contributed by atoms with van der Waals surface area (Å²) in [5.41, 5.74) is 0.468. The van der Waals surface area contributed by atoms with E-state index < -0.39 is 11.9 Å². The van der Waals surface area contributed by atoms with Crippen LogP contribution in [0, 0.1) is 11.9 Å². The molecule has 0 unspecified atom stereocenters. The van der Waals surface area contributed by atoms with Gasteiger partial charge in [-0.3, -0.25) is 10.1 Å². The normalized spacial score (nSPS) is 14.5. The first-order valence-corrected chi connectivity index (χ1v) is 9.63. The molecule has 10 heteroatoms. The number of oxazole rings is 1. The van der Waals surface area contributed by atoms with Gasteiger partial charge in [0.1, 0.15) is 11.5 Å². The summed E-state index contributed by atoms with van der Waals surface area (Å²) < 4.78 is 19.9. The average Bonchev–Trinajstić information content (AvgIpc) is 3.14. The van der Waals surface area contributed by atoms with Gasteiger partial charge in [0.05, 0.1) is 11.9 Å². The van der Waals surface area contributed by atoms with Gasteiger partial charge in [-0.2, -0.15) is 4.39 Å². The molecule has 1 fully saturated rings. The molecule has 0 spiro atoms. The standard InChI is InChI=1S/C19H25FN6O3/c1-3-22-18(28)25-19-23-11-13(29-19)10-12-6-8-26(9-7-12)15-5-4-14(17(27)21-2)24-16(15)20/h4-5,11-12H,3,6-10H2,1-2H3,(H,21,27)(H2,22,23,25,28). The van der Waals surface area contributed by atoms with Crippen molar-refractivity contribution in [1.29, 1.82) is 0 Å². The van der Waals surface area contributed by atoms with Crippen molar-refractivity contribution in [3.63, 3.8) is 0 Å². The van der Waals surface area contributed by atoms with Crippen LogP contribution in [0.3, 0.4) is 0 Å². The molecule has 0 atom stereocenters. The molecule has 3 amide bonds. The molecule has 3 rings (SSSR count). The van der Waals surface area contributed by atoms with Gasteiger partial charge in [0.2, 0.25) is 5.95 Å². The van der Waals surface area contributed by atoms with Gasteiger partial charge in [-0.15, -0.1) is 0 Å². The quantitative estimate of drug-likeness (QED) is 0.636. The lowest BCUT2D eigenvalue weighted by atomic mass is 9.92. The number of piperidine rings is 1. The van der Waals surface area contributed by atoms with Crippen LogP contribution in [-0.4, -0.2) is 48.6 Å². The van der Waals surface area contributed by atoms with Gasteiger partial charge in [-0.05, 0) is 37.8 Å². The van der Waals surface area contributed by atoms with Crippen molar-refractivity contribution in [3.8, 4) is 0 Å². The fourth-order valence-corrected chi connectivity index (χ4v) is 3.34. The van der Waals surface area contributed by atoms with E-state index in [-0.39, 0.29) is 17.7 Å². The number of halogens is 1. The second kappa shape index (κ2) is 9.35. The third kappa shape index (κ3) is 5.21. The number of amides is 3. The number of pyridine rings is 1. The summed E-state index contributed by atoms with van der Waals surface area (Å²) in [7, 11) is 1.48. The third-order valence-corrected chi connectivity index (χ3v) is 4.85. The van der Waals surface area contributed by atoms with E-state index >= 15 is 0 Å². The molecule has 1 aliphatic rings. The Morgan fingerprint density at radius 1 is 1.31 bits per heavy atom. The van der Waals surface area contributed by atoms with Gasteiger partial charge >= 0.3 is 12.0 Å². The maximum Gasteiger partial charge on any atom is 0.322 e. The van der Waals surface area contributed by atoms with E-state index in [0.29, 0.717) is 43.4 Å². The van der Waals surface area contributed by atoms with E-state index in [1.807, 2.05) is 11.8 Å². The van der Waals surface area contributed by atoms with Crippen LogP contribution in [-0.2, 0) is 6.42 Å². The number of nitrogens with one attached hydrogen (secondary N) is 3. The summed E-state index contributed by atoms with van der Waals surface area (Å²) in [4.78, 5) is 32.8. The summed E-state index contributed by atoms with van der Waals surface area (Å²) >= 11 is 0. The number of carbonyl (C=O) groups is 2. The summed E-state index contributed by atoms with van der Waals surface area (Å²) in [5.74, 6) is 0.0267. The monoisotopic (exact) mass is 404 g/mol. The van der Waals surface area contributed by atoms with Crippen molar-refractivity contribution in [1.82, 2.24) is 20.6 Å². The zero-order valence-electron chi connectivity index (χ0n) is 16.5. The van der Waals surface area contributed by atoms with E-state index in [9.17, 15) is 14.0 Å². The van der Waals surface area contributed by atoms with Crippen LogP contribution in [0.5, 0.6) is 0 Å². The highest BCUT2D eigenvalue weighted by atomic mass is 19.1. The highest BCUT2D eigenvalue weighted by Gasteiger charge is 2.24. The number of rotatable bonds is 6. The molecular weight excluding hydrogens is 379 g/mol. The Kier molecular flexibility index (Phi) is 6.63. The molecule has 2 aromatic rings. The molecular formula is C19H25FN6O3. The SMILES string of the molecule is CCNC(=O)Nc1ncc(CC2CCN(c3ccc(C(=O)NC)nc3F)CC2)o1. The first-order valence-electron chi connectivity index (χ1n) is 9.63. The molecule has 29 heavy (non-hydrogen) atoms. The first-order chi connectivity index (χ1) is 14.0. The lowest BCUT2D eigenvalue weighted by molar-refractivity contribution is 0.0957. The fraction of sp³-hybridized carbons (Fsp3) is 0.474. The molecule has 3 heterocycles. The fourth-order valence-electron chi connectivity index (χ4n) is 3.34. The summed E-state index contributed by atoms with van der Waals surface area (Å²) in [5, 5.41) is 7.58. The van der Waals surface area contributed by atoms with Crippen molar-refractivity contribution in [2.45, 2.75) is 26.2 Å². The minimum Gasteiger partial charge on any atom is -0.428 e. The maximum atomic E-state index is 14.3. The lowest BCUT2D eigenvalue weighted by Crippen LogP contribution is -2.35. The van der Waals surface area contributed by atoms with E-state index in [1.165, 1.54) is 13.1 Å². The molecule has 156 valence electrons. The van der Waals surface area contributed by atoms with Crippen molar-refractivity contribution in [2.75, 3.05) is 36.9 Å². The Morgan fingerprint density at radius 2 is 2.07 bits per heavy atom.